The third-order valence-corrected chi connectivity index (χ3v) is 5.86. The Kier molecular flexibility index (Phi) is 6.45. The van der Waals surface area contributed by atoms with E-state index in [4.69, 9.17) is 17.0 Å². The molecular formula is C18H15N3O4S3. The molecule has 1 aromatic heterocycles. The van der Waals surface area contributed by atoms with Gasteiger partial charge in [0.05, 0.1) is 17.6 Å². The van der Waals surface area contributed by atoms with Crippen molar-refractivity contribution in [3.8, 4) is 5.75 Å². The molecule has 144 valence electrons. The third kappa shape index (κ3) is 4.58. The molecule has 10 heteroatoms. The van der Waals surface area contributed by atoms with Gasteiger partial charge in [0.15, 0.2) is 0 Å². The van der Waals surface area contributed by atoms with E-state index < -0.39 is 11.8 Å². The van der Waals surface area contributed by atoms with Gasteiger partial charge in [-0.1, -0.05) is 42.2 Å². The number of amides is 3. The summed E-state index contributed by atoms with van der Waals surface area (Å²) >= 11 is 7.84. The van der Waals surface area contributed by atoms with E-state index in [2.05, 4.69) is 10.9 Å². The maximum absolute atomic E-state index is 12.5. The summed E-state index contributed by atoms with van der Waals surface area (Å²) in [6.45, 7) is -0.293. The number of para-hydroxylation sites is 1. The van der Waals surface area contributed by atoms with Crippen molar-refractivity contribution in [3.63, 3.8) is 0 Å². The van der Waals surface area contributed by atoms with Crippen LogP contribution in [0.4, 0.5) is 0 Å². The van der Waals surface area contributed by atoms with E-state index in [1.54, 1.807) is 30.3 Å². The van der Waals surface area contributed by atoms with E-state index in [-0.39, 0.29) is 18.0 Å². The van der Waals surface area contributed by atoms with Crippen LogP contribution in [0, 0.1) is 0 Å². The molecule has 0 saturated carbocycles. The summed E-state index contributed by atoms with van der Waals surface area (Å²) in [5.74, 6) is -1.06. The number of carbonyl (C=O) groups excluding carboxylic acids is 3. The van der Waals surface area contributed by atoms with E-state index >= 15 is 0 Å². The van der Waals surface area contributed by atoms with Crippen molar-refractivity contribution in [3.05, 3.63) is 57.1 Å². The van der Waals surface area contributed by atoms with Crippen LogP contribution in [0.1, 0.15) is 15.2 Å². The first kappa shape index (κ1) is 20.1. The molecule has 2 N–H and O–H groups in total. The molecule has 3 rings (SSSR count). The zero-order valence-corrected chi connectivity index (χ0v) is 17.1. The van der Waals surface area contributed by atoms with Gasteiger partial charge in [0, 0.05) is 4.88 Å². The van der Waals surface area contributed by atoms with Crippen molar-refractivity contribution in [1.29, 1.82) is 0 Å². The van der Waals surface area contributed by atoms with Crippen LogP contribution in [0.2, 0.25) is 0 Å². The molecule has 1 fully saturated rings. The lowest BCUT2D eigenvalue weighted by atomic mass is 10.2. The number of benzene rings is 1. The first-order chi connectivity index (χ1) is 13.5. The van der Waals surface area contributed by atoms with Gasteiger partial charge >= 0.3 is 0 Å². The molecule has 1 saturated heterocycles. The second-order valence-electron chi connectivity index (χ2n) is 5.49. The predicted molar refractivity (Wildman–Crippen MR) is 113 cm³/mol. The van der Waals surface area contributed by atoms with Gasteiger partial charge in [-0.15, -0.1) is 11.3 Å². The van der Waals surface area contributed by atoms with Gasteiger partial charge in [0.1, 0.15) is 16.6 Å². The van der Waals surface area contributed by atoms with Gasteiger partial charge in [-0.2, -0.15) is 0 Å². The number of hydrogen-bond donors (Lipinski definition) is 2. The van der Waals surface area contributed by atoms with Gasteiger partial charge in [-0.25, -0.2) is 0 Å². The van der Waals surface area contributed by atoms with E-state index in [0.717, 1.165) is 16.6 Å². The van der Waals surface area contributed by atoms with Gasteiger partial charge in [-0.3, -0.25) is 30.1 Å². The van der Waals surface area contributed by atoms with Crippen LogP contribution in [0.5, 0.6) is 5.75 Å². The van der Waals surface area contributed by atoms with Crippen molar-refractivity contribution in [2.75, 3.05) is 13.7 Å². The number of thiophene rings is 1. The van der Waals surface area contributed by atoms with E-state index in [1.165, 1.54) is 23.3 Å². The SMILES string of the molecule is COc1ccccc1C(=O)NNC(=O)CN1C(=O)/C(=C\c2cccs2)SC1=S. The second-order valence-corrected chi connectivity index (χ2v) is 8.14. The Balaban J connectivity index is 1.58. The topological polar surface area (TPSA) is 87.7 Å². The third-order valence-electron chi connectivity index (χ3n) is 3.66. The Morgan fingerprint density at radius 1 is 1.21 bits per heavy atom. The fourth-order valence-corrected chi connectivity index (χ4v) is 4.33. The summed E-state index contributed by atoms with van der Waals surface area (Å²) in [6, 6.07) is 10.4. The van der Waals surface area contributed by atoms with Crippen LogP contribution in [-0.4, -0.2) is 40.6 Å². The molecule has 2 aromatic rings. The molecule has 0 radical (unpaired) electrons. The average molecular weight is 434 g/mol. The number of nitrogens with zero attached hydrogens (tertiary/aromatic N) is 1. The standard InChI is InChI=1S/C18H15N3O4S3/c1-25-13-7-3-2-6-12(13)16(23)20-19-15(22)10-21-17(24)14(28-18(21)26)9-11-5-4-8-27-11/h2-9H,10H2,1H3,(H,19,22)(H,20,23)/b14-9+. The molecule has 0 unspecified atom stereocenters. The quantitative estimate of drug-likeness (QED) is 0.428. The van der Waals surface area contributed by atoms with E-state index in [1.807, 2.05) is 17.5 Å². The van der Waals surface area contributed by atoms with Crippen molar-refractivity contribution < 1.29 is 19.1 Å². The summed E-state index contributed by atoms with van der Waals surface area (Å²) < 4.78 is 5.40. The summed E-state index contributed by atoms with van der Waals surface area (Å²) in [6.07, 6.45) is 1.74. The number of thiocarbonyl (C=S) groups is 1. The molecular weight excluding hydrogens is 418 g/mol. The minimum Gasteiger partial charge on any atom is -0.496 e. The van der Waals surface area contributed by atoms with E-state index in [9.17, 15) is 14.4 Å². The van der Waals surface area contributed by atoms with Crippen LogP contribution >= 0.6 is 35.3 Å². The van der Waals surface area contributed by atoms with Crippen LogP contribution < -0.4 is 15.6 Å². The molecule has 1 aliphatic rings. The predicted octanol–water partition coefficient (Wildman–Crippen LogP) is 2.42. The Morgan fingerprint density at radius 3 is 2.71 bits per heavy atom. The Morgan fingerprint density at radius 2 is 2.00 bits per heavy atom. The fraction of sp³-hybridized carbons (Fsp3) is 0.111. The lowest BCUT2D eigenvalue weighted by Crippen LogP contribution is -2.47. The highest BCUT2D eigenvalue weighted by Gasteiger charge is 2.33. The molecule has 1 aliphatic heterocycles. The maximum Gasteiger partial charge on any atom is 0.273 e. The van der Waals surface area contributed by atoms with Crippen molar-refractivity contribution in [1.82, 2.24) is 15.8 Å². The highest BCUT2D eigenvalue weighted by molar-refractivity contribution is 8.26. The number of hydrazine groups is 1. The molecule has 3 amide bonds. The minimum absolute atomic E-state index is 0.273. The lowest BCUT2D eigenvalue weighted by Gasteiger charge is -2.15. The molecule has 0 atom stereocenters. The van der Waals surface area contributed by atoms with E-state index in [0.29, 0.717) is 15.0 Å². The van der Waals surface area contributed by atoms with Gasteiger partial charge in [0.2, 0.25) is 0 Å². The highest BCUT2D eigenvalue weighted by atomic mass is 32.2. The Bertz CT molecular complexity index is 957. The smallest absolute Gasteiger partial charge is 0.273 e. The Labute approximate surface area is 174 Å². The number of methoxy groups -OCH3 is 1. The van der Waals surface area contributed by atoms with Crippen molar-refractivity contribution in [2.45, 2.75) is 0 Å². The van der Waals surface area contributed by atoms with Crippen molar-refractivity contribution >= 4 is 63.4 Å². The second kappa shape index (κ2) is 9.00. The lowest BCUT2D eigenvalue weighted by molar-refractivity contribution is -0.129. The van der Waals surface area contributed by atoms with Crippen LogP contribution in [0.3, 0.4) is 0 Å². The number of carbonyl (C=O) groups is 3. The number of hydrogen-bond acceptors (Lipinski definition) is 7. The van der Waals surface area contributed by atoms with Crippen LogP contribution in [0.15, 0.2) is 46.7 Å². The normalized spacial score (nSPS) is 15.0. The summed E-state index contributed by atoms with van der Waals surface area (Å²) in [7, 11) is 1.45. The summed E-state index contributed by atoms with van der Waals surface area (Å²) in [5, 5.41) is 1.91. The first-order valence-electron chi connectivity index (χ1n) is 8.00. The molecule has 28 heavy (non-hydrogen) atoms. The van der Waals surface area contributed by atoms with Crippen LogP contribution in [-0.2, 0) is 9.59 Å². The number of nitrogens with one attached hydrogen (secondary N) is 2. The Hall–Kier alpha value is -2.69. The zero-order chi connectivity index (χ0) is 20.1. The molecule has 0 bridgehead atoms. The van der Waals surface area contributed by atoms with Gasteiger partial charge < -0.3 is 4.74 Å². The fourth-order valence-electron chi connectivity index (χ4n) is 2.35. The maximum atomic E-state index is 12.5. The molecule has 0 spiro atoms. The van der Waals surface area contributed by atoms with Crippen molar-refractivity contribution in [2.24, 2.45) is 0 Å². The molecule has 0 aliphatic carbocycles. The van der Waals surface area contributed by atoms with Crippen LogP contribution in [0.25, 0.3) is 6.08 Å². The van der Waals surface area contributed by atoms with Gasteiger partial charge in [-0.05, 0) is 29.7 Å². The van der Waals surface area contributed by atoms with Gasteiger partial charge in [0.25, 0.3) is 17.7 Å². The average Bonchev–Trinajstić information content (AvgIpc) is 3.30. The summed E-state index contributed by atoms with van der Waals surface area (Å²) in [5.41, 5.74) is 4.86. The number of ether oxygens (including phenoxy) is 1. The molecule has 7 nitrogen and oxygen atoms in total. The summed E-state index contributed by atoms with van der Waals surface area (Å²) in [4.78, 5) is 39.4. The zero-order valence-electron chi connectivity index (χ0n) is 14.6. The number of thioether (sulfide) groups is 1. The first-order valence-corrected chi connectivity index (χ1v) is 10.1. The monoisotopic (exact) mass is 433 g/mol. The highest BCUT2D eigenvalue weighted by Crippen LogP contribution is 2.32. The minimum atomic E-state index is -0.572. The number of rotatable bonds is 5. The molecule has 1 aromatic carbocycles. The largest absolute Gasteiger partial charge is 0.496 e. The molecule has 2 heterocycles.